The van der Waals surface area contributed by atoms with Crippen LogP contribution in [0, 0.1) is 5.41 Å². The van der Waals surface area contributed by atoms with Gasteiger partial charge in [-0.05, 0) is 24.7 Å². The van der Waals surface area contributed by atoms with Crippen LogP contribution < -0.4 is 10.6 Å². The monoisotopic (exact) mass is 196 g/mol. The Morgan fingerprint density at radius 2 is 1.93 bits per heavy atom. The predicted octanol–water partition coefficient (Wildman–Crippen LogP) is 1.16. The fourth-order valence-corrected chi connectivity index (χ4v) is 2.69. The number of rotatable bonds is 0. The van der Waals surface area contributed by atoms with Crippen molar-refractivity contribution in [3.05, 3.63) is 0 Å². The Kier molecular flexibility index (Phi) is 1.84. The highest BCUT2D eigenvalue weighted by Crippen LogP contribution is 2.42. The minimum atomic E-state index is -0.612. The van der Waals surface area contributed by atoms with E-state index in [0.29, 0.717) is 0 Å². The van der Waals surface area contributed by atoms with Crippen LogP contribution in [0.3, 0.4) is 0 Å². The van der Waals surface area contributed by atoms with Gasteiger partial charge in [-0.2, -0.15) is 0 Å². The number of carbonyl (C=O) groups excluding carboxylic acids is 2. The number of carbonyl (C=O) groups is 2. The summed E-state index contributed by atoms with van der Waals surface area (Å²) in [5, 5.41) is 5.10. The molecule has 1 saturated heterocycles. The molecule has 1 aliphatic heterocycles. The molecule has 4 heteroatoms. The lowest BCUT2D eigenvalue weighted by Gasteiger charge is -2.40. The standard InChI is InChI=1S/C10H16N2O2/c1-9(2)4-3-5-10(6-9)7(13)11-8(14)12-10/h3-6H2,1-2H3,(H2,11,12,13,14). The number of amides is 3. The Hall–Kier alpha value is -1.06. The molecule has 0 radical (unpaired) electrons. The Balaban J connectivity index is 2.24. The molecule has 1 unspecified atom stereocenters. The first-order valence-electron chi connectivity index (χ1n) is 5.07. The SMILES string of the molecule is CC1(C)CCCC2(C1)NC(=O)NC2=O. The molecule has 1 saturated carbocycles. The smallest absolute Gasteiger partial charge is 0.322 e. The van der Waals surface area contributed by atoms with Gasteiger partial charge < -0.3 is 5.32 Å². The molecule has 1 heterocycles. The number of urea groups is 1. The van der Waals surface area contributed by atoms with Crippen molar-refractivity contribution in [1.29, 1.82) is 0 Å². The molecule has 2 rings (SSSR count). The van der Waals surface area contributed by atoms with E-state index >= 15 is 0 Å². The van der Waals surface area contributed by atoms with Crippen LogP contribution in [0.1, 0.15) is 39.5 Å². The largest absolute Gasteiger partial charge is 0.323 e. The molecule has 1 spiro atoms. The van der Waals surface area contributed by atoms with Gasteiger partial charge in [-0.3, -0.25) is 10.1 Å². The highest BCUT2D eigenvalue weighted by atomic mass is 16.2. The van der Waals surface area contributed by atoms with Crippen LogP contribution in [0.5, 0.6) is 0 Å². The van der Waals surface area contributed by atoms with E-state index in [0.717, 1.165) is 25.7 Å². The highest BCUT2D eigenvalue weighted by Gasteiger charge is 2.50. The summed E-state index contributed by atoms with van der Waals surface area (Å²) in [6.45, 7) is 4.29. The third-order valence-electron chi connectivity index (χ3n) is 3.25. The molecule has 2 fully saturated rings. The Bertz CT molecular complexity index is 298. The van der Waals surface area contributed by atoms with E-state index in [-0.39, 0.29) is 17.4 Å². The van der Waals surface area contributed by atoms with Gasteiger partial charge in [0.25, 0.3) is 5.91 Å². The lowest BCUT2D eigenvalue weighted by molar-refractivity contribution is -0.126. The molecule has 0 bridgehead atoms. The Morgan fingerprint density at radius 3 is 2.43 bits per heavy atom. The zero-order chi connectivity index (χ0) is 10.4. The van der Waals surface area contributed by atoms with Gasteiger partial charge in [0.15, 0.2) is 0 Å². The van der Waals surface area contributed by atoms with Crippen molar-refractivity contribution in [1.82, 2.24) is 10.6 Å². The maximum atomic E-state index is 11.7. The average Bonchev–Trinajstić information content (AvgIpc) is 2.24. The first-order chi connectivity index (χ1) is 6.44. The maximum absolute atomic E-state index is 11.7. The van der Waals surface area contributed by atoms with E-state index in [1.165, 1.54) is 0 Å². The second-order valence-electron chi connectivity index (χ2n) is 5.18. The van der Waals surface area contributed by atoms with Gasteiger partial charge in [-0.25, -0.2) is 4.79 Å². The Labute approximate surface area is 83.4 Å². The fourth-order valence-electron chi connectivity index (χ4n) is 2.69. The molecule has 2 N–H and O–H groups in total. The second kappa shape index (κ2) is 2.72. The van der Waals surface area contributed by atoms with Crippen molar-refractivity contribution in [3.8, 4) is 0 Å². The number of hydrogen-bond donors (Lipinski definition) is 2. The number of imide groups is 1. The molecular formula is C10H16N2O2. The van der Waals surface area contributed by atoms with Crippen molar-refractivity contribution in [2.45, 2.75) is 45.1 Å². The molecule has 2 aliphatic rings. The van der Waals surface area contributed by atoms with Gasteiger partial charge in [0.2, 0.25) is 0 Å². The van der Waals surface area contributed by atoms with Gasteiger partial charge in [0, 0.05) is 0 Å². The first-order valence-corrected chi connectivity index (χ1v) is 5.07. The average molecular weight is 196 g/mol. The first kappa shape index (κ1) is 9.49. The normalized spacial score (nSPS) is 35.6. The summed E-state index contributed by atoms with van der Waals surface area (Å²) in [5.41, 5.74) is -0.466. The van der Waals surface area contributed by atoms with Crippen LogP contribution in [0.15, 0.2) is 0 Å². The van der Waals surface area contributed by atoms with Crippen LogP contribution >= 0.6 is 0 Å². The lowest BCUT2D eigenvalue weighted by Crippen LogP contribution is -2.52. The quantitative estimate of drug-likeness (QED) is 0.571. The van der Waals surface area contributed by atoms with Crippen LogP contribution in [0.2, 0.25) is 0 Å². The van der Waals surface area contributed by atoms with Crippen molar-refractivity contribution in [2.75, 3.05) is 0 Å². The minimum absolute atomic E-state index is 0.143. The molecule has 0 aromatic carbocycles. The van der Waals surface area contributed by atoms with E-state index in [1.807, 2.05) is 0 Å². The summed E-state index contributed by atoms with van der Waals surface area (Å²) in [5.74, 6) is -0.143. The van der Waals surface area contributed by atoms with Crippen molar-refractivity contribution in [2.24, 2.45) is 5.41 Å². The molecule has 4 nitrogen and oxygen atoms in total. The van der Waals surface area contributed by atoms with Crippen LogP contribution in [0.4, 0.5) is 4.79 Å². The zero-order valence-electron chi connectivity index (χ0n) is 8.64. The molecule has 0 aromatic heterocycles. The third kappa shape index (κ3) is 1.38. The van der Waals surface area contributed by atoms with Gasteiger partial charge in [0.05, 0.1) is 0 Å². The van der Waals surface area contributed by atoms with Gasteiger partial charge >= 0.3 is 6.03 Å². The summed E-state index contributed by atoms with van der Waals surface area (Å²) in [4.78, 5) is 22.7. The summed E-state index contributed by atoms with van der Waals surface area (Å²) in [6.07, 6.45) is 3.64. The third-order valence-corrected chi connectivity index (χ3v) is 3.25. The van der Waals surface area contributed by atoms with Crippen molar-refractivity contribution >= 4 is 11.9 Å². The number of hydrogen-bond acceptors (Lipinski definition) is 2. The molecule has 78 valence electrons. The fraction of sp³-hybridized carbons (Fsp3) is 0.800. The van der Waals surface area contributed by atoms with Gasteiger partial charge in [-0.15, -0.1) is 0 Å². The van der Waals surface area contributed by atoms with Crippen LogP contribution in [-0.2, 0) is 4.79 Å². The molecule has 1 aliphatic carbocycles. The van der Waals surface area contributed by atoms with Gasteiger partial charge in [-0.1, -0.05) is 20.3 Å². The maximum Gasteiger partial charge on any atom is 0.322 e. The molecule has 3 amide bonds. The Morgan fingerprint density at radius 1 is 1.21 bits per heavy atom. The van der Waals surface area contributed by atoms with E-state index in [9.17, 15) is 9.59 Å². The molecule has 1 atom stereocenters. The van der Waals surface area contributed by atoms with Crippen LogP contribution in [-0.4, -0.2) is 17.5 Å². The van der Waals surface area contributed by atoms with Crippen molar-refractivity contribution < 1.29 is 9.59 Å². The van der Waals surface area contributed by atoms with E-state index in [2.05, 4.69) is 24.5 Å². The minimum Gasteiger partial charge on any atom is -0.323 e. The molecule has 0 aromatic rings. The van der Waals surface area contributed by atoms with E-state index < -0.39 is 5.54 Å². The molecule has 14 heavy (non-hydrogen) atoms. The van der Waals surface area contributed by atoms with Gasteiger partial charge in [0.1, 0.15) is 5.54 Å². The van der Waals surface area contributed by atoms with Crippen LogP contribution in [0.25, 0.3) is 0 Å². The lowest BCUT2D eigenvalue weighted by atomic mass is 9.68. The topological polar surface area (TPSA) is 58.2 Å². The summed E-state index contributed by atoms with van der Waals surface area (Å²) in [6, 6.07) is -0.340. The predicted molar refractivity (Wildman–Crippen MR) is 51.7 cm³/mol. The number of nitrogens with one attached hydrogen (secondary N) is 2. The summed E-state index contributed by atoms with van der Waals surface area (Å²) < 4.78 is 0. The summed E-state index contributed by atoms with van der Waals surface area (Å²) in [7, 11) is 0. The molecular weight excluding hydrogens is 180 g/mol. The summed E-state index contributed by atoms with van der Waals surface area (Å²) >= 11 is 0. The zero-order valence-corrected chi connectivity index (χ0v) is 8.64. The van der Waals surface area contributed by atoms with E-state index in [4.69, 9.17) is 0 Å². The highest BCUT2D eigenvalue weighted by molar-refractivity contribution is 6.07. The van der Waals surface area contributed by atoms with E-state index in [1.54, 1.807) is 0 Å². The second-order valence-corrected chi connectivity index (χ2v) is 5.18. The van der Waals surface area contributed by atoms with Crippen molar-refractivity contribution in [3.63, 3.8) is 0 Å².